The van der Waals surface area contributed by atoms with Gasteiger partial charge in [-0.05, 0) is 19.1 Å². The van der Waals surface area contributed by atoms with E-state index in [1.54, 1.807) is 10.5 Å². The van der Waals surface area contributed by atoms with E-state index in [2.05, 4.69) is 15.2 Å². The maximum absolute atomic E-state index is 11.8. The molecule has 0 unspecified atom stereocenters. The summed E-state index contributed by atoms with van der Waals surface area (Å²) in [5.41, 5.74) is 11.3. The molecule has 4 N–H and O–H groups in total. The Balaban J connectivity index is 2.38. The third-order valence-electron chi connectivity index (χ3n) is 3.79. The standard InChI is InChI=1S/C16H17N7O4S/c1-8-7-22-9(6-19-21-15(17)18)13(20-16(22)28-8)12-10(26-2)4-5-11(27-3)14(12)23(24)25/h4-7H,1-3H3,(H4,17,18,21)/b19-6+. The summed E-state index contributed by atoms with van der Waals surface area (Å²) >= 11 is 1.42. The third kappa shape index (κ3) is 3.32. The molecule has 0 spiro atoms. The van der Waals surface area contributed by atoms with Crippen LogP contribution in [0, 0.1) is 17.0 Å². The summed E-state index contributed by atoms with van der Waals surface area (Å²) in [5.74, 6) is 0.136. The average molecular weight is 403 g/mol. The number of aryl methyl sites for hydroxylation is 1. The number of hydrogen-bond donors (Lipinski definition) is 2. The average Bonchev–Trinajstić information content (AvgIpc) is 3.16. The minimum absolute atomic E-state index is 0.0837. The van der Waals surface area contributed by atoms with Crippen molar-refractivity contribution in [2.45, 2.75) is 6.92 Å². The number of benzene rings is 1. The second-order valence-corrected chi connectivity index (χ2v) is 6.77. The largest absolute Gasteiger partial charge is 0.496 e. The molecule has 11 nitrogen and oxygen atoms in total. The zero-order valence-corrected chi connectivity index (χ0v) is 16.1. The van der Waals surface area contributed by atoms with Gasteiger partial charge >= 0.3 is 5.69 Å². The number of nitro benzene ring substituents is 1. The van der Waals surface area contributed by atoms with E-state index in [4.69, 9.17) is 20.9 Å². The van der Waals surface area contributed by atoms with Crippen LogP contribution >= 0.6 is 11.3 Å². The predicted octanol–water partition coefficient (Wildman–Crippen LogP) is 1.90. The molecule has 0 aliphatic heterocycles. The Morgan fingerprint density at radius 3 is 2.61 bits per heavy atom. The molecule has 0 saturated carbocycles. The first-order valence-corrected chi connectivity index (χ1v) is 8.69. The van der Waals surface area contributed by atoms with Crippen LogP contribution in [0.3, 0.4) is 0 Å². The number of nitrogens with two attached hydrogens (primary N) is 2. The molecule has 0 aliphatic carbocycles. The third-order valence-corrected chi connectivity index (χ3v) is 4.69. The van der Waals surface area contributed by atoms with E-state index in [1.807, 2.05) is 13.1 Å². The molecular formula is C16H17N7O4S. The van der Waals surface area contributed by atoms with Crippen LogP contribution in [-0.4, -0.2) is 40.7 Å². The molecule has 0 fully saturated rings. The van der Waals surface area contributed by atoms with Crippen LogP contribution in [0.1, 0.15) is 10.6 Å². The second kappa shape index (κ2) is 7.52. The Kier molecular flexibility index (Phi) is 5.13. The van der Waals surface area contributed by atoms with Gasteiger partial charge in [-0.15, -0.1) is 16.4 Å². The number of fused-ring (bicyclic) bond motifs is 1. The van der Waals surface area contributed by atoms with Crippen molar-refractivity contribution in [1.82, 2.24) is 9.38 Å². The van der Waals surface area contributed by atoms with Crippen molar-refractivity contribution < 1.29 is 14.4 Å². The van der Waals surface area contributed by atoms with Gasteiger partial charge in [0.05, 0.1) is 31.1 Å². The number of nitrogens with zero attached hydrogens (tertiary/aromatic N) is 5. The van der Waals surface area contributed by atoms with Crippen molar-refractivity contribution >= 4 is 34.2 Å². The number of imidazole rings is 1. The maximum atomic E-state index is 11.8. The molecule has 146 valence electrons. The summed E-state index contributed by atoms with van der Waals surface area (Å²) in [6, 6.07) is 3.05. The first-order chi connectivity index (χ1) is 13.4. The Morgan fingerprint density at radius 2 is 2.00 bits per heavy atom. The number of aromatic nitrogens is 2. The minimum Gasteiger partial charge on any atom is -0.496 e. The number of methoxy groups -OCH3 is 2. The highest BCUT2D eigenvalue weighted by Crippen LogP contribution is 2.45. The molecule has 3 rings (SSSR count). The smallest absolute Gasteiger partial charge is 0.324 e. The Bertz CT molecular complexity index is 1110. The highest BCUT2D eigenvalue weighted by atomic mass is 32.1. The van der Waals surface area contributed by atoms with Crippen LogP contribution < -0.4 is 20.9 Å². The second-order valence-electron chi connectivity index (χ2n) is 5.56. The van der Waals surface area contributed by atoms with Gasteiger partial charge in [-0.3, -0.25) is 14.5 Å². The highest BCUT2D eigenvalue weighted by Gasteiger charge is 2.30. The Labute approximate surface area is 163 Å². The minimum atomic E-state index is -0.535. The molecule has 2 heterocycles. The van der Waals surface area contributed by atoms with E-state index >= 15 is 0 Å². The molecule has 28 heavy (non-hydrogen) atoms. The van der Waals surface area contributed by atoms with Gasteiger partial charge in [0.1, 0.15) is 17.0 Å². The lowest BCUT2D eigenvalue weighted by Gasteiger charge is -2.11. The SMILES string of the molecule is COc1ccc(OC)c([N+](=O)[O-])c1-c1nc2sc(C)cn2c1/C=N/N=C(N)N. The zero-order chi connectivity index (χ0) is 20.4. The van der Waals surface area contributed by atoms with E-state index < -0.39 is 4.92 Å². The lowest BCUT2D eigenvalue weighted by molar-refractivity contribution is -0.385. The maximum Gasteiger partial charge on any atom is 0.324 e. The van der Waals surface area contributed by atoms with E-state index in [-0.39, 0.29) is 28.7 Å². The van der Waals surface area contributed by atoms with Crippen molar-refractivity contribution in [3.8, 4) is 22.8 Å². The molecule has 12 heteroatoms. The highest BCUT2D eigenvalue weighted by molar-refractivity contribution is 7.17. The molecule has 0 aliphatic rings. The summed E-state index contributed by atoms with van der Waals surface area (Å²) < 4.78 is 12.3. The molecule has 0 bridgehead atoms. The van der Waals surface area contributed by atoms with Crippen molar-refractivity contribution in [3.05, 3.63) is 39.0 Å². The van der Waals surface area contributed by atoms with Gasteiger partial charge in [0, 0.05) is 11.1 Å². The van der Waals surface area contributed by atoms with E-state index in [9.17, 15) is 10.1 Å². The van der Waals surface area contributed by atoms with Crippen molar-refractivity contribution in [2.75, 3.05) is 14.2 Å². The predicted molar refractivity (Wildman–Crippen MR) is 106 cm³/mol. The molecule has 0 amide bonds. The van der Waals surface area contributed by atoms with Gasteiger partial charge < -0.3 is 20.9 Å². The van der Waals surface area contributed by atoms with Gasteiger partial charge in [0.25, 0.3) is 0 Å². The molecule has 0 radical (unpaired) electrons. The van der Waals surface area contributed by atoms with Crippen LogP contribution in [0.15, 0.2) is 28.5 Å². The number of rotatable bonds is 6. The first kappa shape index (κ1) is 19.1. The molecular weight excluding hydrogens is 386 g/mol. The fraction of sp³-hybridized carbons (Fsp3) is 0.188. The van der Waals surface area contributed by atoms with Crippen molar-refractivity contribution in [1.29, 1.82) is 0 Å². The zero-order valence-electron chi connectivity index (χ0n) is 15.2. The van der Waals surface area contributed by atoms with Gasteiger partial charge in [-0.25, -0.2) is 4.98 Å². The summed E-state index contributed by atoms with van der Waals surface area (Å²) in [4.78, 5) is 17.5. The number of thiazole rings is 1. The number of ether oxygens (including phenoxy) is 2. The quantitative estimate of drug-likeness (QED) is 0.275. The van der Waals surface area contributed by atoms with Gasteiger partial charge in [-0.1, -0.05) is 0 Å². The number of guanidine groups is 1. The van der Waals surface area contributed by atoms with E-state index in [0.717, 1.165) is 4.88 Å². The van der Waals surface area contributed by atoms with E-state index in [1.165, 1.54) is 37.8 Å². The van der Waals surface area contributed by atoms with Gasteiger partial charge in [-0.2, -0.15) is 5.10 Å². The summed E-state index contributed by atoms with van der Waals surface area (Å²) in [6.45, 7) is 1.92. The fourth-order valence-electron chi connectivity index (χ4n) is 2.73. The monoisotopic (exact) mass is 403 g/mol. The fourth-order valence-corrected chi connectivity index (χ4v) is 3.56. The van der Waals surface area contributed by atoms with Gasteiger partial charge in [0.15, 0.2) is 10.7 Å². The van der Waals surface area contributed by atoms with E-state index in [0.29, 0.717) is 16.3 Å². The molecule has 2 aromatic heterocycles. The Morgan fingerprint density at radius 1 is 1.32 bits per heavy atom. The van der Waals surface area contributed by atoms with Crippen LogP contribution in [0.25, 0.3) is 16.2 Å². The first-order valence-electron chi connectivity index (χ1n) is 7.87. The van der Waals surface area contributed by atoms with Gasteiger partial charge in [0.2, 0.25) is 5.96 Å². The molecule has 3 aromatic rings. The van der Waals surface area contributed by atoms with Crippen LogP contribution in [0.2, 0.25) is 0 Å². The summed E-state index contributed by atoms with van der Waals surface area (Å²) in [5, 5.41) is 19.3. The van der Waals surface area contributed by atoms with Crippen LogP contribution in [0.5, 0.6) is 11.5 Å². The Hall–Kier alpha value is -3.67. The summed E-state index contributed by atoms with van der Waals surface area (Å²) in [7, 11) is 2.78. The number of nitro groups is 1. The lowest BCUT2D eigenvalue weighted by Crippen LogP contribution is -2.21. The van der Waals surface area contributed by atoms with Crippen molar-refractivity contribution in [3.63, 3.8) is 0 Å². The molecule has 0 atom stereocenters. The van der Waals surface area contributed by atoms with Crippen LogP contribution in [-0.2, 0) is 0 Å². The lowest BCUT2D eigenvalue weighted by atomic mass is 10.1. The van der Waals surface area contributed by atoms with Crippen molar-refractivity contribution in [2.24, 2.45) is 21.7 Å². The summed E-state index contributed by atoms with van der Waals surface area (Å²) in [6.07, 6.45) is 3.22. The molecule has 1 aromatic carbocycles. The molecule has 0 saturated heterocycles. The normalized spacial score (nSPS) is 11.1. The topological polar surface area (TPSA) is 156 Å². The number of hydrogen-bond acceptors (Lipinski definition) is 8. The van der Waals surface area contributed by atoms with Crippen LogP contribution in [0.4, 0.5) is 5.69 Å².